The van der Waals surface area contributed by atoms with Gasteiger partial charge in [0, 0.05) is 27.4 Å². The monoisotopic (exact) mass is 304 g/mol. The van der Waals surface area contributed by atoms with Crippen molar-refractivity contribution >= 4 is 41.1 Å². The zero-order valence-electron chi connectivity index (χ0n) is 8.60. The van der Waals surface area contributed by atoms with Crippen LogP contribution < -0.4 is 5.56 Å². The van der Waals surface area contributed by atoms with Crippen molar-refractivity contribution in [2.45, 2.75) is 10.6 Å². The molecule has 1 aromatic heterocycles. The van der Waals surface area contributed by atoms with Crippen LogP contribution in [0.5, 0.6) is 0 Å². The molecule has 0 aliphatic heterocycles. The molecule has 1 heterocycles. The number of H-pyrrole nitrogens is 2. The predicted molar refractivity (Wildman–Crippen MR) is 76.9 cm³/mol. The zero-order valence-corrected chi connectivity index (χ0v) is 11.8. The first kappa shape index (κ1) is 12.8. The van der Waals surface area contributed by atoms with Crippen LogP contribution in [0, 0.1) is 0 Å². The molecule has 1 aromatic carbocycles. The van der Waals surface area contributed by atoms with Crippen molar-refractivity contribution in [2.24, 2.45) is 0 Å². The van der Waals surface area contributed by atoms with Crippen LogP contribution in [0.2, 0.25) is 5.02 Å². The molecular weight excluding hydrogens is 296 g/mol. The van der Waals surface area contributed by atoms with E-state index in [4.69, 9.17) is 34.0 Å². The molecule has 0 aliphatic carbocycles. The topological polar surface area (TPSA) is 48.6 Å². The quantitative estimate of drug-likeness (QED) is 0.912. The number of rotatable bonds is 3. The van der Waals surface area contributed by atoms with Crippen LogP contribution in [-0.2, 0) is 35.3 Å². The lowest BCUT2D eigenvalue weighted by molar-refractivity contribution is 1.01. The summed E-state index contributed by atoms with van der Waals surface area (Å²) in [6, 6.07) is 8.73. The van der Waals surface area contributed by atoms with Crippen molar-refractivity contribution in [1.82, 2.24) is 10.2 Å². The minimum atomic E-state index is -1.80. The minimum Gasteiger partial charge on any atom is -0.301 e. The first-order valence-electron chi connectivity index (χ1n) is 4.72. The highest BCUT2D eigenvalue weighted by Gasteiger charge is 2.09. The van der Waals surface area contributed by atoms with E-state index in [0.29, 0.717) is 10.8 Å². The fourth-order valence-corrected chi connectivity index (χ4v) is 4.22. The number of hydrogen-bond donors (Lipinski definition) is 2. The van der Waals surface area contributed by atoms with Gasteiger partial charge in [-0.15, -0.1) is 0 Å². The van der Waals surface area contributed by atoms with Crippen LogP contribution in [0.25, 0.3) is 0 Å². The Morgan fingerprint density at radius 1 is 1.18 bits per heavy atom. The van der Waals surface area contributed by atoms with E-state index in [-0.39, 0.29) is 5.56 Å². The number of hydrogen-bond acceptors (Lipinski definition) is 3. The van der Waals surface area contributed by atoms with Crippen molar-refractivity contribution in [3.8, 4) is 0 Å². The predicted octanol–water partition coefficient (Wildman–Crippen LogP) is 1.99. The third kappa shape index (κ3) is 3.16. The smallest absolute Gasteiger partial charge is 0.264 e. The molecule has 0 spiro atoms. The molecular formula is C10H9ClN2OS3. The van der Waals surface area contributed by atoms with Gasteiger partial charge in [0.25, 0.3) is 5.56 Å². The summed E-state index contributed by atoms with van der Waals surface area (Å²) in [6.45, 7) is 0. The number of halogens is 1. The Bertz CT molecular complexity index is 670. The molecule has 0 saturated heterocycles. The normalized spacial score (nSPS) is 11.6. The fraction of sp³-hybridized carbons (Fsp3) is 0.100. The highest BCUT2D eigenvalue weighted by molar-refractivity contribution is 8.56. The second-order valence-corrected chi connectivity index (χ2v) is 9.97. The Kier molecular flexibility index (Phi) is 3.67. The van der Waals surface area contributed by atoms with Gasteiger partial charge in [-0.25, -0.2) is 0 Å². The molecule has 17 heavy (non-hydrogen) atoms. The van der Waals surface area contributed by atoms with Crippen molar-refractivity contribution < 1.29 is 0 Å². The van der Waals surface area contributed by atoms with Gasteiger partial charge in [-0.1, -0.05) is 18.7 Å². The Morgan fingerprint density at radius 3 is 2.35 bits per heavy atom. The molecule has 2 N–H and O–H groups in total. The summed E-state index contributed by atoms with van der Waals surface area (Å²) < 4.78 is 0. The maximum Gasteiger partial charge on any atom is 0.264 e. The van der Waals surface area contributed by atoms with Gasteiger partial charge in [0.05, 0.1) is 0 Å². The third-order valence-corrected chi connectivity index (χ3v) is 5.97. The lowest BCUT2D eigenvalue weighted by Gasteiger charge is -2.09. The second kappa shape index (κ2) is 4.89. The molecule has 0 saturated carbocycles. The summed E-state index contributed by atoms with van der Waals surface area (Å²) in [5, 5.41) is 5.89. The van der Waals surface area contributed by atoms with E-state index >= 15 is 0 Å². The lowest BCUT2D eigenvalue weighted by Crippen LogP contribution is -2.02. The molecule has 7 heteroatoms. The van der Waals surface area contributed by atoms with Gasteiger partial charge in [0.1, 0.15) is 0 Å². The van der Waals surface area contributed by atoms with Crippen molar-refractivity contribution in [3.05, 3.63) is 51.4 Å². The molecule has 2 aromatic rings. The van der Waals surface area contributed by atoms with E-state index in [2.05, 4.69) is 10.2 Å². The number of aromatic nitrogens is 2. The van der Waals surface area contributed by atoms with Crippen LogP contribution in [0.15, 0.2) is 40.0 Å². The highest BCUT2D eigenvalue weighted by atomic mass is 35.5. The number of aromatic amines is 2. The van der Waals surface area contributed by atoms with Gasteiger partial charge in [-0.05, 0) is 46.6 Å². The van der Waals surface area contributed by atoms with Crippen LogP contribution in [0.4, 0.5) is 0 Å². The average molecular weight is 305 g/mol. The molecule has 0 amide bonds. The molecule has 0 unspecified atom stereocenters. The molecule has 3 nitrogen and oxygen atoms in total. The first-order chi connectivity index (χ1) is 7.97. The van der Waals surface area contributed by atoms with E-state index in [9.17, 15) is 4.79 Å². The summed E-state index contributed by atoms with van der Waals surface area (Å²) in [7, 11) is -1.80. The van der Waals surface area contributed by atoms with Crippen LogP contribution in [0.1, 0.15) is 5.69 Å². The lowest BCUT2D eigenvalue weighted by atomic mass is 10.4. The van der Waals surface area contributed by atoms with Gasteiger partial charge < -0.3 is 5.10 Å². The molecule has 0 bridgehead atoms. The van der Waals surface area contributed by atoms with Crippen LogP contribution in [0.3, 0.4) is 0 Å². The van der Waals surface area contributed by atoms with Crippen LogP contribution >= 0.6 is 11.6 Å². The molecule has 0 radical (unpaired) electrons. The SMILES string of the molecule is O=c1cc(CS(=S)(=S)c2ccc(Cl)cc2)[nH][nH]1. The fourth-order valence-electron chi connectivity index (χ4n) is 1.38. The molecule has 0 aliphatic rings. The van der Waals surface area contributed by atoms with Crippen LogP contribution in [-0.4, -0.2) is 10.2 Å². The maximum absolute atomic E-state index is 11.0. The number of nitrogens with one attached hydrogen (secondary N) is 2. The van der Waals surface area contributed by atoms with Gasteiger partial charge in [0.2, 0.25) is 0 Å². The van der Waals surface area contributed by atoms with E-state index in [1.54, 1.807) is 12.1 Å². The van der Waals surface area contributed by atoms with E-state index in [1.165, 1.54) is 6.07 Å². The largest absolute Gasteiger partial charge is 0.301 e. The Morgan fingerprint density at radius 2 is 1.82 bits per heavy atom. The summed E-state index contributed by atoms with van der Waals surface area (Å²) in [6.07, 6.45) is 0. The summed E-state index contributed by atoms with van der Waals surface area (Å²) in [5.74, 6) is 0.484. The first-order valence-corrected chi connectivity index (χ1v) is 8.75. The Labute approximate surface area is 113 Å². The van der Waals surface area contributed by atoms with Gasteiger partial charge in [-0.3, -0.25) is 9.89 Å². The average Bonchev–Trinajstić information content (AvgIpc) is 2.63. The third-order valence-electron chi connectivity index (χ3n) is 2.17. The Balaban J connectivity index is 2.31. The van der Waals surface area contributed by atoms with Crippen molar-refractivity contribution in [3.63, 3.8) is 0 Å². The summed E-state index contributed by atoms with van der Waals surface area (Å²) >= 11 is 16.7. The van der Waals surface area contributed by atoms with Crippen molar-refractivity contribution in [2.75, 3.05) is 0 Å². The van der Waals surface area contributed by atoms with E-state index in [0.717, 1.165) is 10.6 Å². The van der Waals surface area contributed by atoms with Gasteiger partial charge >= 0.3 is 0 Å². The summed E-state index contributed by atoms with van der Waals surface area (Å²) in [5.41, 5.74) is 0.571. The van der Waals surface area contributed by atoms with Crippen molar-refractivity contribution in [1.29, 1.82) is 0 Å². The minimum absolute atomic E-state index is 0.170. The molecule has 0 atom stereocenters. The Hall–Kier alpha value is -0.690. The van der Waals surface area contributed by atoms with Gasteiger partial charge in [-0.2, -0.15) is 0 Å². The molecule has 2 rings (SSSR count). The maximum atomic E-state index is 11.0. The van der Waals surface area contributed by atoms with Gasteiger partial charge in [0.15, 0.2) is 0 Å². The molecule has 90 valence electrons. The van der Waals surface area contributed by atoms with E-state index < -0.39 is 7.15 Å². The number of benzene rings is 1. The van der Waals surface area contributed by atoms with E-state index in [1.807, 2.05) is 12.1 Å². The second-order valence-electron chi connectivity index (χ2n) is 3.50. The highest BCUT2D eigenvalue weighted by Crippen LogP contribution is 2.18. The summed E-state index contributed by atoms with van der Waals surface area (Å²) in [4.78, 5) is 11.9. The molecule has 0 fully saturated rings. The standard InChI is InChI=1S/C10H9ClN2OS3/c11-7-1-3-9(4-2-7)17(15,16)6-8-5-10(14)13-12-8/h1-5H,6H2,(H2,12,13,14). The zero-order chi connectivity index (χ0) is 12.5.